The third kappa shape index (κ3) is 3.96. The highest BCUT2D eigenvalue weighted by Crippen LogP contribution is 2.13. The first kappa shape index (κ1) is 16.1. The molecule has 0 aliphatic heterocycles. The zero-order valence-electron chi connectivity index (χ0n) is 13.5. The quantitative estimate of drug-likeness (QED) is 0.671. The number of amides is 1. The molecule has 8 heteroatoms. The second kappa shape index (κ2) is 7.22. The molecule has 24 heavy (non-hydrogen) atoms. The standard InChI is InChI=1S/C16H18N6OS/c1-11-7-13(24-9-11)16(23)18-5-4-17-14-8-15(20-10-19-14)22-6-3-12(2)21-22/h3,6-10H,4-5H2,1-2H3,(H,18,23)(H,17,19,20). The molecule has 3 aromatic heterocycles. The van der Waals surface area contributed by atoms with Crippen LogP contribution in [-0.4, -0.2) is 38.7 Å². The van der Waals surface area contributed by atoms with Crippen LogP contribution in [0, 0.1) is 13.8 Å². The van der Waals surface area contributed by atoms with Crippen molar-refractivity contribution in [1.29, 1.82) is 0 Å². The number of aromatic nitrogens is 4. The molecule has 0 saturated carbocycles. The van der Waals surface area contributed by atoms with E-state index in [0.717, 1.165) is 16.1 Å². The van der Waals surface area contributed by atoms with Crippen LogP contribution in [0.2, 0.25) is 0 Å². The molecule has 124 valence electrons. The molecule has 7 nitrogen and oxygen atoms in total. The van der Waals surface area contributed by atoms with Gasteiger partial charge in [0, 0.05) is 25.4 Å². The molecular weight excluding hydrogens is 324 g/mol. The number of carbonyl (C=O) groups excluding carboxylic acids is 1. The zero-order chi connectivity index (χ0) is 16.9. The van der Waals surface area contributed by atoms with Gasteiger partial charge in [-0.15, -0.1) is 11.3 Å². The van der Waals surface area contributed by atoms with Crippen molar-refractivity contribution in [2.24, 2.45) is 0 Å². The van der Waals surface area contributed by atoms with Gasteiger partial charge < -0.3 is 10.6 Å². The Morgan fingerprint density at radius 2 is 2.12 bits per heavy atom. The first-order valence-electron chi connectivity index (χ1n) is 7.54. The largest absolute Gasteiger partial charge is 0.368 e. The smallest absolute Gasteiger partial charge is 0.261 e. The van der Waals surface area contributed by atoms with Gasteiger partial charge in [-0.1, -0.05) is 0 Å². The number of carbonyl (C=O) groups is 1. The van der Waals surface area contributed by atoms with Crippen molar-refractivity contribution in [1.82, 2.24) is 25.1 Å². The van der Waals surface area contributed by atoms with Crippen LogP contribution < -0.4 is 10.6 Å². The van der Waals surface area contributed by atoms with Crippen LogP contribution in [0.1, 0.15) is 20.9 Å². The fraction of sp³-hybridized carbons (Fsp3) is 0.250. The first-order chi connectivity index (χ1) is 11.6. The van der Waals surface area contributed by atoms with E-state index in [2.05, 4.69) is 25.7 Å². The molecule has 0 fully saturated rings. The summed E-state index contributed by atoms with van der Waals surface area (Å²) in [6.45, 7) is 4.98. The van der Waals surface area contributed by atoms with Crippen LogP contribution in [0.25, 0.3) is 5.82 Å². The van der Waals surface area contributed by atoms with E-state index in [1.165, 1.54) is 17.7 Å². The van der Waals surface area contributed by atoms with Gasteiger partial charge in [0.15, 0.2) is 5.82 Å². The normalized spacial score (nSPS) is 10.6. The lowest BCUT2D eigenvalue weighted by molar-refractivity contribution is 0.0959. The van der Waals surface area contributed by atoms with Crippen LogP contribution in [-0.2, 0) is 0 Å². The van der Waals surface area contributed by atoms with E-state index in [-0.39, 0.29) is 5.91 Å². The van der Waals surface area contributed by atoms with Crippen molar-refractivity contribution >= 4 is 23.1 Å². The van der Waals surface area contributed by atoms with E-state index < -0.39 is 0 Å². The van der Waals surface area contributed by atoms with Crippen molar-refractivity contribution in [3.8, 4) is 5.82 Å². The van der Waals surface area contributed by atoms with Crippen molar-refractivity contribution in [2.45, 2.75) is 13.8 Å². The molecule has 0 bridgehead atoms. The van der Waals surface area contributed by atoms with Gasteiger partial charge in [0.1, 0.15) is 12.1 Å². The van der Waals surface area contributed by atoms with E-state index in [1.807, 2.05) is 43.6 Å². The molecule has 0 unspecified atom stereocenters. The fourth-order valence-electron chi connectivity index (χ4n) is 2.12. The minimum atomic E-state index is -0.0507. The average Bonchev–Trinajstić information content (AvgIpc) is 3.20. The number of hydrogen-bond acceptors (Lipinski definition) is 6. The first-order valence-corrected chi connectivity index (χ1v) is 8.42. The molecule has 0 radical (unpaired) electrons. The van der Waals surface area contributed by atoms with Gasteiger partial charge in [-0.05, 0) is 36.9 Å². The molecular formula is C16H18N6OS. The molecule has 3 rings (SSSR count). The second-order valence-corrected chi connectivity index (χ2v) is 6.25. The van der Waals surface area contributed by atoms with E-state index in [1.54, 1.807) is 4.68 Å². The van der Waals surface area contributed by atoms with E-state index in [4.69, 9.17) is 0 Å². The Balaban J connectivity index is 1.51. The topological polar surface area (TPSA) is 84.7 Å². The molecule has 0 aliphatic carbocycles. The summed E-state index contributed by atoms with van der Waals surface area (Å²) in [6.07, 6.45) is 3.34. The minimum absolute atomic E-state index is 0.0507. The third-order valence-electron chi connectivity index (χ3n) is 3.28. The van der Waals surface area contributed by atoms with E-state index in [9.17, 15) is 4.79 Å². The molecule has 0 saturated heterocycles. The Morgan fingerprint density at radius 1 is 1.25 bits per heavy atom. The maximum atomic E-state index is 11.9. The number of rotatable bonds is 6. The van der Waals surface area contributed by atoms with Crippen molar-refractivity contribution in [3.63, 3.8) is 0 Å². The number of nitrogens with one attached hydrogen (secondary N) is 2. The molecule has 3 heterocycles. The summed E-state index contributed by atoms with van der Waals surface area (Å²) in [6, 6.07) is 5.62. The van der Waals surface area contributed by atoms with Crippen molar-refractivity contribution in [3.05, 3.63) is 52.2 Å². The zero-order valence-corrected chi connectivity index (χ0v) is 14.3. The minimum Gasteiger partial charge on any atom is -0.368 e. The fourth-order valence-corrected chi connectivity index (χ4v) is 2.93. The average molecular weight is 342 g/mol. The van der Waals surface area contributed by atoms with Gasteiger partial charge in [-0.25, -0.2) is 14.6 Å². The molecule has 0 aromatic carbocycles. The summed E-state index contributed by atoms with van der Waals surface area (Å²) < 4.78 is 1.70. The van der Waals surface area contributed by atoms with Crippen LogP contribution in [0.4, 0.5) is 5.82 Å². The lowest BCUT2D eigenvalue weighted by Crippen LogP contribution is -2.28. The van der Waals surface area contributed by atoms with Gasteiger partial charge in [0.2, 0.25) is 0 Å². The van der Waals surface area contributed by atoms with Crippen LogP contribution in [0.3, 0.4) is 0 Å². The van der Waals surface area contributed by atoms with E-state index in [0.29, 0.717) is 24.7 Å². The lowest BCUT2D eigenvalue weighted by Gasteiger charge is -2.08. The number of thiophene rings is 1. The Morgan fingerprint density at radius 3 is 2.83 bits per heavy atom. The Bertz CT molecular complexity index is 840. The molecule has 1 amide bonds. The van der Waals surface area contributed by atoms with Gasteiger partial charge >= 0.3 is 0 Å². The Kier molecular flexibility index (Phi) is 4.85. The van der Waals surface area contributed by atoms with Crippen LogP contribution in [0.15, 0.2) is 36.1 Å². The maximum absolute atomic E-state index is 11.9. The summed E-state index contributed by atoms with van der Waals surface area (Å²) in [5.41, 5.74) is 2.03. The Labute approximate surface area is 143 Å². The molecule has 2 N–H and O–H groups in total. The number of aryl methyl sites for hydroxylation is 2. The summed E-state index contributed by atoms with van der Waals surface area (Å²) in [7, 11) is 0. The molecule has 3 aromatic rings. The predicted molar refractivity (Wildman–Crippen MR) is 93.8 cm³/mol. The molecule has 0 spiro atoms. The summed E-state index contributed by atoms with van der Waals surface area (Å²) in [4.78, 5) is 21.1. The maximum Gasteiger partial charge on any atom is 0.261 e. The van der Waals surface area contributed by atoms with Gasteiger partial charge in [-0.2, -0.15) is 5.10 Å². The number of nitrogens with zero attached hydrogens (tertiary/aromatic N) is 4. The van der Waals surface area contributed by atoms with Crippen molar-refractivity contribution in [2.75, 3.05) is 18.4 Å². The summed E-state index contributed by atoms with van der Waals surface area (Å²) >= 11 is 1.45. The Hall–Kier alpha value is -2.74. The second-order valence-electron chi connectivity index (χ2n) is 5.33. The van der Waals surface area contributed by atoms with Crippen LogP contribution >= 0.6 is 11.3 Å². The predicted octanol–water partition coefficient (Wildman–Crippen LogP) is 2.18. The highest BCUT2D eigenvalue weighted by molar-refractivity contribution is 7.12. The summed E-state index contributed by atoms with van der Waals surface area (Å²) in [5, 5.41) is 12.3. The van der Waals surface area contributed by atoms with Crippen molar-refractivity contribution < 1.29 is 4.79 Å². The highest BCUT2D eigenvalue weighted by atomic mass is 32.1. The monoisotopic (exact) mass is 342 g/mol. The van der Waals surface area contributed by atoms with Gasteiger partial charge in [0.05, 0.1) is 10.6 Å². The SMILES string of the molecule is Cc1csc(C(=O)NCCNc2cc(-n3ccc(C)n3)ncn2)c1. The number of anilines is 1. The van der Waals surface area contributed by atoms with Gasteiger partial charge in [0.25, 0.3) is 5.91 Å². The third-order valence-corrected chi connectivity index (χ3v) is 4.33. The highest BCUT2D eigenvalue weighted by Gasteiger charge is 2.07. The molecule has 0 atom stereocenters. The van der Waals surface area contributed by atoms with E-state index >= 15 is 0 Å². The lowest BCUT2D eigenvalue weighted by atomic mass is 10.3. The molecule has 0 aliphatic rings. The number of hydrogen-bond donors (Lipinski definition) is 2. The van der Waals surface area contributed by atoms with Crippen LogP contribution in [0.5, 0.6) is 0 Å². The van der Waals surface area contributed by atoms with Gasteiger partial charge in [-0.3, -0.25) is 4.79 Å². The summed E-state index contributed by atoms with van der Waals surface area (Å²) in [5.74, 6) is 1.33.